The van der Waals surface area contributed by atoms with Gasteiger partial charge in [-0.05, 0) is 13.0 Å². The number of hydrogen-bond acceptors (Lipinski definition) is 8. The zero-order valence-electron chi connectivity index (χ0n) is 11.0. The van der Waals surface area contributed by atoms with Crippen molar-refractivity contribution in [2.24, 2.45) is 0 Å². The van der Waals surface area contributed by atoms with E-state index in [9.17, 15) is 13.2 Å². The molecule has 0 aliphatic carbocycles. The van der Waals surface area contributed by atoms with Crippen molar-refractivity contribution < 1.29 is 13.2 Å². The van der Waals surface area contributed by atoms with E-state index in [1.54, 1.807) is 6.08 Å². The summed E-state index contributed by atoms with van der Waals surface area (Å²) in [4.78, 5) is 15.8. The highest BCUT2D eigenvalue weighted by atomic mass is 32.2. The molecule has 0 atom stereocenters. The van der Waals surface area contributed by atoms with Gasteiger partial charge in [-0.3, -0.25) is 14.8 Å². The second-order valence-electron chi connectivity index (χ2n) is 3.90. The van der Waals surface area contributed by atoms with Gasteiger partial charge in [0.1, 0.15) is 0 Å². The average Bonchev–Trinajstić information content (AvgIpc) is 2.94. The number of aromatic nitrogens is 3. The van der Waals surface area contributed by atoms with Gasteiger partial charge in [0, 0.05) is 11.5 Å². The number of sulfonamides is 1. The predicted molar refractivity (Wildman–Crippen MR) is 82.9 cm³/mol. The molecular weight excluding hydrogens is 334 g/mol. The Morgan fingerprint density at radius 1 is 1.33 bits per heavy atom. The fourth-order valence-corrected chi connectivity index (χ4v) is 3.30. The summed E-state index contributed by atoms with van der Waals surface area (Å²) in [6, 6.07) is 0. The minimum absolute atomic E-state index is 0.0897. The van der Waals surface area contributed by atoms with Crippen molar-refractivity contribution in [3.8, 4) is 0 Å². The third-order valence-electron chi connectivity index (χ3n) is 1.97. The van der Waals surface area contributed by atoms with Crippen LogP contribution in [0.15, 0.2) is 11.5 Å². The maximum Gasteiger partial charge on any atom is 0.250 e. The smallest absolute Gasteiger partial charge is 0.250 e. The summed E-state index contributed by atoms with van der Waals surface area (Å²) in [5.41, 5.74) is 0.698. The van der Waals surface area contributed by atoms with Gasteiger partial charge in [-0.25, -0.2) is 13.4 Å². The summed E-state index contributed by atoms with van der Waals surface area (Å²) in [5.74, 6) is -0.400. The molecule has 0 bridgehead atoms. The standard InChI is InChI=1S/C10H11N5O3S3/c1-6-11-7(5-19-6)3-4-8(16)12-9-13-14-10(20-9)15-21(2,17)18/h3-5H,1-2H3,(H,14,15)(H,12,13,16)/b4-3+. The second-order valence-corrected chi connectivity index (χ2v) is 7.69. The lowest BCUT2D eigenvalue weighted by atomic mass is 10.4. The molecule has 2 heterocycles. The highest BCUT2D eigenvalue weighted by Gasteiger charge is 2.09. The molecule has 2 N–H and O–H groups in total. The molecule has 0 radical (unpaired) electrons. The molecule has 0 spiro atoms. The summed E-state index contributed by atoms with van der Waals surface area (Å²) in [6.45, 7) is 1.87. The molecule has 2 aromatic heterocycles. The Labute approximate surface area is 129 Å². The molecule has 0 saturated heterocycles. The van der Waals surface area contributed by atoms with Gasteiger partial charge in [0.15, 0.2) is 0 Å². The maximum absolute atomic E-state index is 11.7. The van der Waals surface area contributed by atoms with Crippen molar-refractivity contribution >= 4 is 54.9 Å². The van der Waals surface area contributed by atoms with Crippen LogP contribution in [0.5, 0.6) is 0 Å². The number of aryl methyl sites for hydroxylation is 1. The normalized spacial score (nSPS) is 11.7. The van der Waals surface area contributed by atoms with E-state index in [0.29, 0.717) is 5.69 Å². The van der Waals surface area contributed by atoms with E-state index in [1.807, 2.05) is 12.3 Å². The summed E-state index contributed by atoms with van der Waals surface area (Å²) < 4.78 is 24.2. The maximum atomic E-state index is 11.7. The minimum Gasteiger partial charge on any atom is -0.297 e. The molecular formula is C10H11N5O3S3. The SMILES string of the molecule is Cc1nc(/C=C/C(=O)Nc2nnc(NS(C)(=O)=O)s2)cs1. The Morgan fingerprint density at radius 2 is 2.05 bits per heavy atom. The fourth-order valence-electron chi connectivity index (χ4n) is 1.24. The van der Waals surface area contributed by atoms with E-state index in [1.165, 1.54) is 17.4 Å². The fraction of sp³-hybridized carbons (Fsp3) is 0.200. The van der Waals surface area contributed by atoms with Crippen molar-refractivity contribution in [1.82, 2.24) is 15.2 Å². The highest BCUT2D eigenvalue weighted by Crippen LogP contribution is 2.20. The number of anilines is 2. The first-order valence-electron chi connectivity index (χ1n) is 5.54. The third kappa shape index (κ3) is 5.21. The Balaban J connectivity index is 1.95. The van der Waals surface area contributed by atoms with E-state index in [0.717, 1.165) is 22.6 Å². The Hall–Kier alpha value is -1.85. The van der Waals surface area contributed by atoms with Crippen molar-refractivity contribution in [2.45, 2.75) is 6.92 Å². The quantitative estimate of drug-likeness (QED) is 0.790. The van der Waals surface area contributed by atoms with Crippen LogP contribution in [-0.4, -0.2) is 35.8 Å². The molecule has 0 fully saturated rings. The second kappa shape index (κ2) is 6.28. The zero-order valence-corrected chi connectivity index (χ0v) is 13.5. The molecule has 112 valence electrons. The lowest BCUT2D eigenvalue weighted by molar-refractivity contribution is -0.111. The molecule has 11 heteroatoms. The number of hydrogen-bond donors (Lipinski definition) is 2. The Morgan fingerprint density at radius 3 is 2.67 bits per heavy atom. The zero-order chi connectivity index (χ0) is 15.5. The minimum atomic E-state index is -3.41. The largest absolute Gasteiger partial charge is 0.297 e. The molecule has 8 nitrogen and oxygen atoms in total. The number of carbonyl (C=O) groups excluding carboxylic acids is 1. The van der Waals surface area contributed by atoms with E-state index in [4.69, 9.17) is 0 Å². The van der Waals surface area contributed by atoms with Crippen LogP contribution in [-0.2, 0) is 14.8 Å². The van der Waals surface area contributed by atoms with Gasteiger partial charge in [-0.15, -0.1) is 21.5 Å². The number of nitrogens with zero attached hydrogens (tertiary/aromatic N) is 3. The number of rotatable bonds is 5. The van der Waals surface area contributed by atoms with Crippen molar-refractivity contribution in [2.75, 3.05) is 16.3 Å². The van der Waals surface area contributed by atoms with Crippen LogP contribution >= 0.6 is 22.7 Å². The van der Waals surface area contributed by atoms with Crippen LogP contribution in [0.4, 0.5) is 10.3 Å². The first-order chi connectivity index (χ1) is 9.82. The molecule has 0 unspecified atom stereocenters. The number of amides is 1. The van der Waals surface area contributed by atoms with Crippen molar-refractivity contribution in [3.05, 3.63) is 22.2 Å². The summed E-state index contributed by atoms with van der Waals surface area (Å²) in [5, 5.41) is 12.8. The average molecular weight is 345 g/mol. The number of carbonyl (C=O) groups is 1. The first-order valence-corrected chi connectivity index (χ1v) is 9.13. The van der Waals surface area contributed by atoms with Gasteiger partial charge in [-0.1, -0.05) is 11.3 Å². The van der Waals surface area contributed by atoms with Gasteiger partial charge in [0.25, 0.3) is 0 Å². The molecule has 2 rings (SSSR count). The molecule has 0 saturated carbocycles. The van der Waals surface area contributed by atoms with E-state index in [-0.39, 0.29) is 10.3 Å². The van der Waals surface area contributed by atoms with Gasteiger partial charge in [0.2, 0.25) is 26.2 Å². The first kappa shape index (κ1) is 15.5. The van der Waals surface area contributed by atoms with Crippen LogP contribution in [0.3, 0.4) is 0 Å². The number of nitrogens with one attached hydrogen (secondary N) is 2. The molecule has 21 heavy (non-hydrogen) atoms. The summed E-state index contributed by atoms with van der Waals surface area (Å²) in [7, 11) is -3.41. The Kier molecular flexibility index (Phi) is 4.65. The molecule has 0 aliphatic rings. The van der Waals surface area contributed by atoms with Gasteiger partial charge >= 0.3 is 0 Å². The van der Waals surface area contributed by atoms with E-state index >= 15 is 0 Å². The van der Waals surface area contributed by atoms with Gasteiger partial charge in [0.05, 0.1) is 17.0 Å². The van der Waals surface area contributed by atoms with Crippen LogP contribution in [0.2, 0.25) is 0 Å². The molecule has 1 amide bonds. The Bertz CT molecular complexity index is 777. The van der Waals surface area contributed by atoms with Gasteiger partial charge in [-0.2, -0.15) is 0 Å². The third-order valence-corrected chi connectivity index (χ3v) is 4.21. The van der Waals surface area contributed by atoms with E-state index in [2.05, 4.69) is 25.2 Å². The predicted octanol–water partition coefficient (Wildman–Crippen LogP) is 1.33. The van der Waals surface area contributed by atoms with Crippen molar-refractivity contribution in [1.29, 1.82) is 0 Å². The van der Waals surface area contributed by atoms with Crippen LogP contribution in [0.1, 0.15) is 10.7 Å². The van der Waals surface area contributed by atoms with Crippen LogP contribution in [0.25, 0.3) is 6.08 Å². The molecule has 0 aliphatic heterocycles. The summed E-state index contributed by atoms with van der Waals surface area (Å²) >= 11 is 2.41. The molecule has 0 aromatic carbocycles. The lowest BCUT2D eigenvalue weighted by Gasteiger charge is -1.95. The van der Waals surface area contributed by atoms with Gasteiger partial charge < -0.3 is 0 Å². The summed E-state index contributed by atoms with van der Waals surface area (Å²) in [6.07, 6.45) is 3.90. The highest BCUT2D eigenvalue weighted by molar-refractivity contribution is 7.92. The lowest BCUT2D eigenvalue weighted by Crippen LogP contribution is -2.09. The monoisotopic (exact) mass is 345 g/mol. The van der Waals surface area contributed by atoms with Crippen molar-refractivity contribution in [3.63, 3.8) is 0 Å². The van der Waals surface area contributed by atoms with Crippen LogP contribution < -0.4 is 10.0 Å². The molecule has 2 aromatic rings. The number of thiazole rings is 1. The van der Waals surface area contributed by atoms with Crippen LogP contribution in [0, 0.1) is 6.92 Å². The topological polar surface area (TPSA) is 114 Å². The van der Waals surface area contributed by atoms with E-state index < -0.39 is 15.9 Å².